The Morgan fingerprint density at radius 3 is 1.58 bits per heavy atom. The average Bonchev–Trinajstić information content (AvgIpc) is 3.53. The van der Waals surface area contributed by atoms with Crippen LogP contribution in [0.3, 0.4) is 0 Å². The van der Waals surface area contributed by atoms with Crippen LogP contribution in [0.1, 0.15) is 42.1 Å². The molecule has 9 aromatic rings. The molecule has 1 aliphatic carbocycles. The van der Waals surface area contributed by atoms with E-state index >= 15 is 0 Å². The Morgan fingerprint density at radius 2 is 0.898 bits per heavy atom. The van der Waals surface area contributed by atoms with E-state index in [1.54, 1.807) is 0 Å². The van der Waals surface area contributed by atoms with Gasteiger partial charge in [-0.2, -0.15) is 10.2 Å². The lowest BCUT2D eigenvalue weighted by molar-refractivity contribution is 0.660. The summed E-state index contributed by atoms with van der Waals surface area (Å²) in [6.45, 7) is 4.69. The number of rotatable bonds is 9. The molecule has 3 nitrogen and oxygen atoms in total. The van der Waals surface area contributed by atoms with Crippen LogP contribution in [0, 0.1) is 0 Å². The van der Waals surface area contributed by atoms with Crippen LogP contribution in [0.15, 0.2) is 229 Å². The molecule has 0 aromatic heterocycles. The normalized spacial score (nSPS) is 12.8. The van der Waals surface area contributed by atoms with Crippen LogP contribution in [0.5, 0.6) is 0 Å². The van der Waals surface area contributed by atoms with Gasteiger partial charge in [-0.1, -0.05) is 190 Å². The Hall–Kier alpha value is -7.36. The van der Waals surface area contributed by atoms with Crippen molar-refractivity contribution in [1.82, 2.24) is 0 Å². The lowest BCUT2D eigenvalue weighted by atomic mass is 9.82. The van der Waals surface area contributed by atoms with Gasteiger partial charge in [-0.3, -0.25) is 0 Å². The molecular formula is C56H43N3. The van der Waals surface area contributed by atoms with Crippen molar-refractivity contribution < 1.29 is 0 Å². The quantitative estimate of drug-likeness (QED) is 0.135. The van der Waals surface area contributed by atoms with E-state index in [1.807, 2.05) is 12.1 Å². The summed E-state index contributed by atoms with van der Waals surface area (Å²) in [6.07, 6.45) is 0. The first kappa shape index (κ1) is 36.0. The molecule has 0 amide bonds. The molecule has 59 heavy (non-hydrogen) atoms. The summed E-state index contributed by atoms with van der Waals surface area (Å²) in [5, 5.41) is 12.1. The van der Waals surface area contributed by atoms with E-state index in [2.05, 4.69) is 225 Å². The van der Waals surface area contributed by atoms with Crippen molar-refractivity contribution in [3.63, 3.8) is 0 Å². The Bertz CT molecular complexity index is 2890. The van der Waals surface area contributed by atoms with Crippen LogP contribution < -0.4 is 4.90 Å². The molecule has 0 aliphatic heterocycles. The van der Waals surface area contributed by atoms with Gasteiger partial charge in [0, 0.05) is 27.9 Å². The van der Waals surface area contributed by atoms with Crippen LogP contribution in [0.2, 0.25) is 0 Å². The minimum atomic E-state index is -0.201. The number of fused-ring (bicyclic) bond motifs is 4. The zero-order valence-electron chi connectivity index (χ0n) is 33.2. The molecule has 282 valence electrons. The molecule has 0 unspecified atom stereocenters. The molecule has 9 aromatic carbocycles. The third-order valence-corrected chi connectivity index (χ3v) is 11.9. The zero-order chi connectivity index (χ0) is 39.8. The van der Waals surface area contributed by atoms with Crippen LogP contribution in [-0.2, 0) is 5.41 Å². The number of azo groups is 1. The van der Waals surface area contributed by atoms with E-state index in [4.69, 9.17) is 10.2 Å². The molecule has 0 spiro atoms. The van der Waals surface area contributed by atoms with E-state index in [9.17, 15) is 0 Å². The van der Waals surface area contributed by atoms with Crippen molar-refractivity contribution in [3.05, 3.63) is 241 Å². The monoisotopic (exact) mass is 757 g/mol. The summed E-state index contributed by atoms with van der Waals surface area (Å²) >= 11 is 0. The van der Waals surface area contributed by atoms with Crippen molar-refractivity contribution in [2.24, 2.45) is 10.2 Å². The summed E-state index contributed by atoms with van der Waals surface area (Å²) in [5.74, 6) is 0. The highest BCUT2D eigenvalue weighted by Gasteiger charge is 2.35. The second-order valence-electron chi connectivity index (χ2n) is 15.8. The number of hydrogen-bond acceptors (Lipinski definition) is 3. The summed E-state index contributed by atoms with van der Waals surface area (Å²) in [4.78, 5) is 2.38. The number of anilines is 3. The van der Waals surface area contributed by atoms with Gasteiger partial charge < -0.3 is 4.90 Å². The number of nitrogens with zero attached hydrogens (tertiary/aromatic N) is 3. The van der Waals surface area contributed by atoms with E-state index in [0.717, 1.165) is 55.8 Å². The first-order chi connectivity index (χ1) is 29.0. The Labute approximate surface area is 346 Å². The van der Waals surface area contributed by atoms with Crippen molar-refractivity contribution >= 4 is 33.5 Å². The van der Waals surface area contributed by atoms with Crippen molar-refractivity contribution in [2.75, 3.05) is 4.90 Å². The first-order valence-corrected chi connectivity index (χ1v) is 20.4. The minimum absolute atomic E-state index is 0.106. The van der Waals surface area contributed by atoms with Crippen molar-refractivity contribution in [3.8, 4) is 33.4 Å². The summed E-state index contributed by atoms with van der Waals surface area (Å²) in [7, 11) is 0. The molecule has 0 bridgehead atoms. The summed E-state index contributed by atoms with van der Waals surface area (Å²) < 4.78 is 0. The molecule has 0 fully saturated rings. The van der Waals surface area contributed by atoms with Crippen molar-refractivity contribution in [1.29, 1.82) is 0 Å². The van der Waals surface area contributed by atoms with Crippen LogP contribution >= 0.6 is 0 Å². The lowest BCUT2D eigenvalue weighted by Gasteiger charge is -2.28. The maximum atomic E-state index is 4.96. The second kappa shape index (κ2) is 15.2. The van der Waals surface area contributed by atoms with Gasteiger partial charge in [-0.15, -0.1) is 0 Å². The average molecular weight is 758 g/mol. The number of benzene rings is 9. The Kier molecular flexibility index (Phi) is 9.27. The maximum Gasteiger partial charge on any atom is 0.121 e. The SMILES string of the molecule is CC1(C)c2ccccc2-c2ccc(N(c3ccc(-c4ccccc4)cc3)c3ccc(-c4cccc5c(N=NC(c6ccccc6)c6ccccc6)cccc45)cc3)cc21. The standard InChI is InChI=1S/C56H43N3/c1-56(2)52-26-13-12-22-49(52)50-37-36-46(38-53(50)56)59(44-32-28-40(29-33-44)39-16-6-3-7-17-39)45-34-30-41(31-35-45)47-23-14-25-51-48(47)24-15-27-54(51)57-58-55(42-18-8-4-9-19-42)43-20-10-5-11-21-43/h3-38,55H,1-2H3. The van der Waals surface area contributed by atoms with E-state index in [0.29, 0.717) is 0 Å². The van der Waals surface area contributed by atoms with Gasteiger partial charge in [0.15, 0.2) is 0 Å². The van der Waals surface area contributed by atoms with Crippen LogP contribution in [-0.4, -0.2) is 0 Å². The topological polar surface area (TPSA) is 28.0 Å². The van der Waals surface area contributed by atoms with E-state index in [-0.39, 0.29) is 11.5 Å². The molecule has 0 atom stereocenters. The van der Waals surface area contributed by atoms with Gasteiger partial charge in [0.1, 0.15) is 6.04 Å². The van der Waals surface area contributed by atoms with E-state index < -0.39 is 0 Å². The largest absolute Gasteiger partial charge is 0.310 e. The molecule has 10 rings (SSSR count). The predicted octanol–water partition coefficient (Wildman–Crippen LogP) is 15.8. The number of hydrogen-bond donors (Lipinski definition) is 0. The Balaban J connectivity index is 1.02. The third kappa shape index (κ3) is 6.71. The molecule has 3 heteroatoms. The lowest BCUT2D eigenvalue weighted by Crippen LogP contribution is -2.16. The van der Waals surface area contributed by atoms with Crippen LogP contribution in [0.25, 0.3) is 44.2 Å². The smallest absolute Gasteiger partial charge is 0.121 e. The minimum Gasteiger partial charge on any atom is -0.310 e. The second-order valence-corrected chi connectivity index (χ2v) is 15.8. The molecule has 0 heterocycles. The van der Waals surface area contributed by atoms with Crippen LogP contribution in [0.4, 0.5) is 22.7 Å². The zero-order valence-corrected chi connectivity index (χ0v) is 33.2. The van der Waals surface area contributed by atoms with Gasteiger partial charge in [0.25, 0.3) is 0 Å². The van der Waals surface area contributed by atoms with Gasteiger partial charge >= 0.3 is 0 Å². The summed E-state index contributed by atoms with van der Waals surface area (Å²) in [6, 6.07) is 77.7. The Morgan fingerprint density at radius 1 is 0.390 bits per heavy atom. The highest BCUT2D eigenvalue weighted by molar-refractivity contribution is 6.02. The third-order valence-electron chi connectivity index (χ3n) is 11.9. The highest BCUT2D eigenvalue weighted by atomic mass is 15.1. The maximum absolute atomic E-state index is 4.96. The van der Waals surface area contributed by atoms with Gasteiger partial charge in [0.05, 0.1) is 5.69 Å². The van der Waals surface area contributed by atoms with Crippen molar-refractivity contribution in [2.45, 2.75) is 25.3 Å². The molecule has 0 saturated carbocycles. The summed E-state index contributed by atoms with van der Waals surface area (Å²) in [5.41, 5.74) is 16.4. The molecule has 0 N–H and O–H groups in total. The highest BCUT2D eigenvalue weighted by Crippen LogP contribution is 2.51. The van der Waals surface area contributed by atoms with E-state index in [1.165, 1.54) is 33.4 Å². The molecular weight excluding hydrogens is 715 g/mol. The predicted molar refractivity (Wildman–Crippen MR) is 246 cm³/mol. The fourth-order valence-corrected chi connectivity index (χ4v) is 8.85. The van der Waals surface area contributed by atoms with Gasteiger partial charge in [-0.25, -0.2) is 0 Å². The van der Waals surface area contributed by atoms with Gasteiger partial charge in [-0.05, 0) is 103 Å². The first-order valence-electron chi connectivity index (χ1n) is 20.4. The molecule has 0 radical (unpaired) electrons. The molecule has 0 saturated heterocycles. The fourth-order valence-electron chi connectivity index (χ4n) is 8.85. The van der Waals surface area contributed by atoms with Gasteiger partial charge in [0.2, 0.25) is 0 Å². The fraction of sp³-hybridized carbons (Fsp3) is 0.0714. The molecule has 1 aliphatic rings.